The smallest absolute Gasteiger partial charge is 0.217 e. The van der Waals surface area contributed by atoms with Gasteiger partial charge < -0.3 is 20.9 Å². The number of hydrogen-bond donors (Lipinski definition) is 3. The van der Waals surface area contributed by atoms with E-state index in [0.29, 0.717) is 19.6 Å². The van der Waals surface area contributed by atoms with Crippen LogP contribution in [-0.4, -0.2) is 43.9 Å². The highest BCUT2D eigenvalue weighted by Gasteiger charge is 2.01. The maximum Gasteiger partial charge on any atom is 0.217 e. The average Bonchev–Trinajstić information content (AvgIpc) is 2.11. The maximum atomic E-state index is 10.4. The summed E-state index contributed by atoms with van der Waals surface area (Å²) in [5.74, 6) is -0.260. The Morgan fingerprint density at radius 3 is 2.86 bits per heavy atom. The van der Waals surface area contributed by atoms with Crippen LogP contribution in [0.3, 0.4) is 0 Å². The summed E-state index contributed by atoms with van der Waals surface area (Å²) in [6.45, 7) is 1.65. The van der Waals surface area contributed by atoms with Crippen LogP contribution in [0.2, 0.25) is 0 Å². The van der Waals surface area contributed by atoms with Crippen molar-refractivity contribution >= 4 is 5.91 Å². The molecular weight excluding hydrogens is 184 g/mol. The van der Waals surface area contributed by atoms with Crippen LogP contribution in [0.1, 0.15) is 19.3 Å². The number of hydrogen-bond acceptors (Lipinski definition) is 4. The highest BCUT2D eigenvalue weighted by molar-refractivity contribution is 5.73. The lowest BCUT2D eigenvalue weighted by molar-refractivity contribution is -0.118. The number of primary amides is 1. The number of nitrogens with two attached hydrogens (primary N) is 1. The van der Waals surface area contributed by atoms with Crippen molar-refractivity contribution in [2.24, 2.45) is 5.73 Å². The lowest BCUT2D eigenvalue weighted by Gasteiger charge is -2.10. The Kier molecular flexibility index (Phi) is 8.51. The van der Waals surface area contributed by atoms with Crippen molar-refractivity contribution in [3.8, 4) is 0 Å². The van der Waals surface area contributed by atoms with E-state index in [-0.39, 0.29) is 5.91 Å². The zero-order valence-corrected chi connectivity index (χ0v) is 8.66. The Morgan fingerprint density at radius 2 is 2.29 bits per heavy atom. The van der Waals surface area contributed by atoms with Crippen LogP contribution in [0, 0.1) is 0 Å². The van der Waals surface area contributed by atoms with Gasteiger partial charge in [0.25, 0.3) is 0 Å². The van der Waals surface area contributed by atoms with Crippen LogP contribution in [-0.2, 0) is 9.53 Å². The number of carbonyl (C=O) groups excluding carboxylic acids is 1. The van der Waals surface area contributed by atoms with Crippen molar-refractivity contribution in [3.63, 3.8) is 0 Å². The number of aliphatic hydroxyl groups is 1. The summed E-state index contributed by atoms with van der Waals surface area (Å²) < 4.78 is 4.76. The van der Waals surface area contributed by atoms with Crippen molar-refractivity contribution in [2.75, 3.05) is 26.8 Å². The molecule has 0 aliphatic carbocycles. The molecule has 14 heavy (non-hydrogen) atoms. The molecule has 84 valence electrons. The molecule has 1 unspecified atom stereocenters. The van der Waals surface area contributed by atoms with Gasteiger partial charge in [0.15, 0.2) is 0 Å². The van der Waals surface area contributed by atoms with Gasteiger partial charge in [-0.1, -0.05) is 0 Å². The van der Waals surface area contributed by atoms with Gasteiger partial charge in [0.2, 0.25) is 5.91 Å². The van der Waals surface area contributed by atoms with Crippen molar-refractivity contribution in [3.05, 3.63) is 0 Å². The number of carbonyl (C=O) groups is 1. The summed E-state index contributed by atoms with van der Waals surface area (Å²) in [7, 11) is 1.55. The highest BCUT2D eigenvalue weighted by Crippen LogP contribution is 1.92. The van der Waals surface area contributed by atoms with Gasteiger partial charge in [0.1, 0.15) is 0 Å². The first-order chi connectivity index (χ1) is 6.66. The van der Waals surface area contributed by atoms with Crippen LogP contribution in [0.5, 0.6) is 0 Å². The normalized spacial score (nSPS) is 12.7. The lowest BCUT2D eigenvalue weighted by Crippen LogP contribution is -2.30. The highest BCUT2D eigenvalue weighted by atomic mass is 16.5. The molecule has 0 rings (SSSR count). The largest absolute Gasteiger partial charge is 0.389 e. The van der Waals surface area contributed by atoms with E-state index in [1.54, 1.807) is 7.11 Å². The average molecular weight is 204 g/mol. The molecule has 0 saturated carbocycles. The van der Waals surface area contributed by atoms with E-state index >= 15 is 0 Å². The fourth-order valence-corrected chi connectivity index (χ4v) is 1.07. The molecule has 0 aromatic rings. The monoisotopic (exact) mass is 204 g/mol. The van der Waals surface area contributed by atoms with Gasteiger partial charge in [-0.15, -0.1) is 0 Å². The summed E-state index contributed by atoms with van der Waals surface area (Å²) in [6.07, 6.45) is 1.66. The minimum atomic E-state index is -0.462. The molecule has 5 nitrogen and oxygen atoms in total. The third-order valence-electron chi connectivity index (χ3n) is 1.77. The number of methoxy groups -OCH3 is 1. The molecule has 0 aromatic carbocycles. The second-order valence-corrected chi connectivity index (χ2v) is 3.24. The standard InChI is InChI=1S/C9H20N2O3/c1-14-7-8(12)6-11-5-3-2-4-9(10)13/h8,11-12H,2-7H2,1H3,(H2,10,13). The Bertz CT molecular complexity index is 153. The molecule has 0 saturated heterocycles. The van der Waals surface area contributed by atoms with Crippen molar-refractivity contribution < 1.29 is 14.6 Å². The Morgan fingerprint density at radius 1 is 1.57 bits per heavy atom. The minimum absolute atomic E-state index is 0.260. The summed E-state index contributed by atoms with van der Waals surface area (Å²) in [4.78, 5) is 10.4. The Labute approximate surface area is 84.6 Å². The zero-order chi connectivity index (χ0) is 10.8. The fraction of sp³-hybridized carbons (Fsp3) is 0.889. The van der Waals surface area contributed by atoms with Crippen LogP contribution in [0.15, 0.2) is 0 Å². The van der Waals surface area contributed by atoms with Gasteiger partial charge >= 0.3 is 0 Å². The van der Waals surface area contributed by atoms with Crippen molar-refractivity contribution in [1.29, 1.82) is 0 Å². The van der Waals surface area contributed by atoms with Crippen molar-refractivity contribution in [1.82, 2.24) is 5.32 Å². The molecule has 0 aliphatic heterocycles. The molecule has 1 atom stereocenters. The van der Waals surface area contributed by atoms with E-state index in [1.807, 2.05) is 0 Å². The second-order valence-electron chi connectivity index (χ2n) is 3.24. The molecule has 0 aliphatic rings. The molecule has 0 radical (unpaired) electrons. The zero-order valence-electron chi connectivity index (χ0n) is 8.66. The molecule has 0 fully saturated rings. The third kappa shape index (κ3) is 9.44. The molecule has 4 N–H and O–H groups in total. The molecule has 0 heterocycles. The molecular formula is C9H20N2O3. The molecule has 5 heteroatoms. The molecule has 0 bridgehead atoms. The number of rotatable bonds is 9. The van der Waals surface area contributed by atoms with E-state index in [4.69, 9.17) is 10.5 Å². The number of unbranched alkanes of at least 4 members (excludes halogenated alkanes) is 1. The van der Waals surface area contributed by atoms with Crippen molar-refractivity contribution in [2.45, 2.75) is 25.4 Å². The summed E-state index contributed by atoms with van der Waals surface area (Å²) in [6, 6.07) is 0. The molecule has 0 spiro atoms. The third-order valence-corrected chi connectivity index (χ3v) is 1.77. The summed E-state index contributed by atoms with van der Waals surface area (Å²) in [5, 5.41) is 12.3. The number of amides is 1. The van der Waals surface area contributed by atoms with Crippen LogP contribution >= 0.6 is 0 Å². The Hall–Kier alpha value is -0.650. The van der Waals surface area contributed by atoms with Gasteiger partial charge in [-0.2, -0.15) is 0 Å². The predicted octanol–water partition coefficient (Wildman–Crippen LogP) is -0.761. The summed E-state index contributed by atoms with van der Waals surface area (Å²) in [5.41, 5.74) is 4.98. The maximum absolute atomic E-state index is 10.4. The Balaban J connectivity index is 3.09. The molecule has 1 amide bonds. The van der Waals surface area contributed by atoms with Gasteiger partial charge in [-0.05, 0) is 19.4 Å². The van der Waals surface area contributed by atoms with Gasteiger partial charge in [0, 0.05) is 20.1 Å². The first kappa shape index (κ1) is 13.4. The number of nitrogens with one attached hydrogen (secondary N) is 1. The predicted molar refractivity (Wildman–Crippen MR) is 53.8 cm³/mol. The van der Waals surface area contributed by atoms with Gasteiger partial charge in [0.05, 0.1) is 12.7 Å². The van der Waals surface area contributed by atoms with Crippen LogP contribution < -0.4 is 11.1 Å². The first-order valence-electron chi connectivity index (χ1n) is 4.83. The SMILES string of the molecule is COCC(O)CNCCCCC(N)=O. The quantitative estimate of drug-likeness (QED) is 0.431. The topological polar surface area (TPSA) is 84.6 Å². The van der Waals surface area contributed by atoms with Crippen LogP contribution in [0.25, 0.3) is 0 Å². The minimum Gasteiger partial charge on any atom is -0.389 e. The van der Waals surface area contributed by atoms with E-state index < -0.39 is 6.10 Å². The van der Waals surface area contributed by atoms with Gasteiger partial charge in [-0.25, -0.2) is 0 Å². The van der Waals surface area contributed by atoms with E-state index in [1.165, 1.54) is 0 Å². The fourth-order valence-electron chi connectivity index (χ4n) is 1.07. The number of ether oxygens (including phenoxy) is 1. The lowest BCUT2D eigenvalue weighted by atomic mass is 10.2. The molecule has 0 aromatic heterocycles. The number of aliphatic hydroxyl groups excluding tert-OH is 1. The van der Waals surface area contributed by atoms with Gasteiger partial charge in [-0.3, -0.25) is 4.79 Å². The van der Waals surface area contributed by atoms with E-state index in [2.05, 4.69) is 5.32 Å². The summed E-state index contributed by atoms with van der Waals surface area (Å²) >= 11 is 0. The van der Waals surface area contributed by atoms with Crippen LogP contribution in [0.4, 0.5) is 0 Å². The second kappa shape index (κ2) is 8.93. The van der Waals surface area contributed by atoms with E-state index in [0.717, 1.165) is 19.4 Å². The van der Waals surface area contributed by atoms with E-state index in [9.17, 15) is 9.90 Å². The first-order valence-corrected chi connectivity index (χ1v) is 4.83.